The minimum absolute atomic E-state index is 0.281. The Labute approximate surface area is 116 Å². The Balaban J connectivity index is 2.23. The van der Waals surface area contributed by atoms with Crippen LogP contribution in [0.15, 0.2) is 18.2 Å². The molecule has 106 valence electrons. The van der Waals surface area contributed by atoms with Gasteiger partial charge in [-0.25, -0.2) is 0 Å². The number of rotatable bonds is 3. The zero-order valence-electron chi connectivity index (χ0n) is 12.5. The smallest absolute Gasteiger partial charge is 0.0678 e. The number of morpholine rings is 1. The third kappa shape index (κ3) is 3.35. The first-order valence-electron chi connectivity index (χ1n) is 7.18. The average Bonchev–Trinajstić information content (AvgIpc) is 2.31. The van der Waals surface area contributed by atoms with Crippen molar-refractivity contribution in [3.05, 3.63) is 34.9 Å². The molecule has 1 aromatic carbocycles. The maximum Gasteiger partial charge on any atom is 0.0678 e. The molecule has 3 atom stereocenters. The Morgan fingerprint density at radius 1 is 1.26 bits per heavy atom. The van der Waals surface area contributed by atoms with E-state index in [2.05, 4.69) is 50.8 Å². The molecule has 1 unspecified atom stereocenters. The molecule has 0 bridgehead atoms. The Morgan fingerprint density at radius 2 is 1.89 bits per heavy atom. The molecule has 0 aromatic heterocycles. The van der Waals surface area contributed by atoms with E-state index in [4.69, 9.17) is 10.5 Å². The molecule has 1 aliphatic heterocycles. The molecule has 1 aliphatic rings. The average molecular weight is 262 g/mol. The van der Waals surface area contributed by atoms with Crippen LogP contribution in [0.5, 0.6) is 0 Å². The molecule has 0 radical (unpaired) electrons. The lowest BCUT2D eigenvalue weighted by Gasteiger charge is -2.40. The van der Waals surface area contributed by atoms with Crippen molar-refractivity contribution in [1.29, 1.82) is 0 Å². The van der Waals surface area contributed by atoms with E-state index in [9.17, 15) is 0 Å². The molecular formula is C16H26N2O. The number of aryl methyl sites for hydroxylation is 2. The largest absolute Gasteiger partial charge is 0.373 e. The summed E-state index contributed by atoms with van der Waals surface area (Å²) < 4.78 is 5.81. The van der Waals surface area contributed by atoms with Crippen molar-refractivity contribution in [1.82, 2.24) is 4.90 Å². The van der Waals surface area contributed by atoms with Crippen LogP contribution in [0.1, 0.15) is 36.6 Å². The van der Waals surface area contributed by atoms with Crippen LogP contribution in [0, 0.1) is 13.8 Å². The summed E-state index contributed by atoms with van der Waals surface area (Å²) in [6, 6.07) is 6.95. The van der Waals surface area contributed by atoms with Gasteiger partial charge in [0, 0.05) is 25.7 Å². The minimum atomic E-state index is 0.281. The van der Waals surface area contributed by atoms with Gasteiger partial charge in [-0.05, 0) is 38.8 Å². The highest BCUT2D eigenvalue weighted by Crippen LogP contribution is 2.27. The van der Waals surface area contributed by atoms with E-state index in [1.165, 1.54) is 16.7 Å². The van der Waals surface area contributed by atoms with Gasteiger partial charge in [-0.1, -0.05) is 23.8 Å². The summed E-state index contributed by atoms with van der Waals surface area (Å²) >= 11 is 0. The lowest BCUT2D eigenvalue weighted by atomic mass is 9.97. The van der Waals surface area contributed by atoms with E-state index in [0.717, 1.165) is 13.1 Å². The SMILES string of the molecule is Cc1ccc(C(CN)N2C[C@@H](C)O[C@@H](C)C2)c(C)c1. The Bertz CT molecular complexity index is 423. The van der Waals surface area contributed by atoms with E-state index in [0.29, 0.717) is 12.6 Å². The van der Waals surface area contributed by atoms with Crippen molar-refractivity contribution < 1.29 is 4.74 Å². The molecule has 19 heavy (non-hydrogen) atoms. The lowest BCUT2D eigenvalue weighted by molar-refractivity contribution is -0.0800. The summed E-state index contributed by atoms with van der Waals surface area (Å²) in [4.78, 5) is 2.47. The second-order valence-corrected chi connectivity index (χ2v) is 5.82. The van der Waals surface area contributed by atoms with Gasteiger partial charge in [-0.3, -0.25) is 4.90 Å². The molecule has 0 saturated carbocycles. The quantitative estimate of drug-likeness (QED) is 0.909. The highest BCUT2D eigenvalue weighted by Gasteiger charge is 2.28. The maximum absolute atomic E-state index is 6.05. The first-order chi connectivity index (χ1) is 9.01. The maximum atomic E-state index is 6.05. The van der Waals surface area contributed by atoms with Gasteiger partial charge in [-0.15, -0.1) is 0 Å². The topological polar surface area (TPSA) is 38.5 Å². The highest BCUT2D eigenvalue weighted by atomic mass is 16.5. The summed E-state index contributed by atoms with van der Waals surface area (Å²) in [6.07, 6.45) is 0.562. The second kappa shape index (κ2) is 6.04. The van der Waals surface area contributed by atoms with Gasteiger partial charge in [0.05, 0.1) is 12.2 Å². The van der Waals surface area contributed by atoms with Crippen LogP contribution >= 0.6 is 0 Å². The summed E-state index contributed by atoms with van der Waals surface area (Å²) in [5, 5.41) is 0. The van der Waals surface area contributed by atoms with Crippen LogP contribution in [0.3, 0.4) is 0 Å². The number of nitrogens with two attached hydrogens (primary N) is 1. The molecule has 0 aliphatic carbocycles. The first-order valence-corrected chi connectivity index (χ1v) is 7.18. The van der Waals surface area contributed by atoms with E-state index in [1.807, 2.05) is 0 Å². The standard InChI is InChI=1S/C16H26N2O/c1-11-5-6-15(12(2)7-11)16(8-17)18-9-13(3)19-14(4)10-18/h5-7,13-14,16H,8-10,17H2,1-4H3/t13-,14+,16?. The molecule has 3 nitrogen and oxygen atoms in total. The predicted octanol–water partition coefficient (Wildman–Crippen LogP) is 2.41. The fourth-order valence-electron chi connectivity index (χ4n) is 3.14. The van der Waals surface area contributed by atoms with E-state index >= 15 is 0 Å². The zero-order chi connectivity index (χ0) is 14.0. The number of nitrogens with zero attached hydrogens (tertiary/aromatic N) is 1. The summed E-state index contributed by atoms with van der Waals surface area (Å²) in [6.45, 7) is 11.2. The lowest BCUT2D eigenvalue weighted by Crippen LogP contribution is -2.48. The Morgan fingerprint density at radius 3 is 2.42 bits per heavy atom. The Kier molecular flexibility index (Phi) is 4.61. The minimum Gasteiger partial charge on any atom is -0.373 e. The normalized spacial score (nSPS) is 26.4. The molecule has 1 aromatic rings. The van der Waals surface area contributed by atoms with Gasteiger partial charge in [0.15, 0.2) is 0 Å². The number of hydrogen-bond acceptors (Lipinski definition) is 3. The summed E-state index contributed by atoms with van der Waals surface area (Å²) in [5.74, 6) is 0. The number of benzene rings is 1. The van der Waals surface area contributed by atoms with E-state index < -0.39 is 0 Å². The van der Waals surface area contributed by atoms with Crippen molar-refractivity contribution >= 4 is 0 Å². The van der Waals surface area contributed by atoms with Crippen LogP contribution in [0.4, 0.5) is 0 Å². The van der Waals surface area contributed by atoms with Crippen molar-refractivity contribution in [3.63, 3.8) is 0 Å². The van der Waals surface area contributed by atoms with Crippen LogP contribution in [-0.2, 0) is 4.74 Å². The second-order valence-electron chi connectivity index (χ2n) is 5.82. The van der Waals surface area contributed by atoms with Gasteiger partial charge in [-0.2, -0.15) is 0 Å². The van der Waals surface area contributed by atoms with Crippen molar-refractivity contribution in [2.45, 2.75) is 45.9 Å². The van der Waals surface area contributed by atoms with Crippen LogP contribution in [-0.4, -0.2) is 36.7 Å². The molecule has 1 saturated heterocycles. The van der Waals surface area contributed by atoms with Gasteiger partial charge in [0.2, 0.25) is 0 Å². The Hall–Kier alpha value is -0.900. The third-order valence-electron chi connectivity index (χ3n) is 3.90. The highest BCUT2D eigenvalue weighted by molar-refractivity contribution is 5.33. The monoisotopic (exact) mass is 262 g/mol. The van der Waals surface area contributed by atoms with Gasteiger partial charge < -0.3 is 10.5 Å². The number of hydrogen-bond donors (Lipinski definition) is 1. The van der Waals surface area contributed by atoms with E-state index in [-0.39, 0.29) is 12.2 Å². The van der Waals surface area contributed by atoms with Crippen LogP contribution in [0.2, 0.25) is 0 Å². The van der Waals surface area contributed by atoms with Gasteiger partial charge in [0.25, 0.3) is 0 Å². The number of ether oxygens (including phenoxy) is 1. The molecular weight excluding hydrogens is 236 g/mol. The summed E-state index contributed by atoms with van der Waals surface area (Å²) in [5.41, 5.74) is 10.0. The fraction of sp³-hybridized carbons (Fsp3) is 0.625. The molecule has 0 amide bonds. The molecule has 3 heteroatoms. The fourth-order valence-corrected chi connectivity index (χ4v) is 3.14. The summed E-state index contributed by atoms with van der Waals surface area (Å²) in [7, 11) is 0. The predicted molar refractivity (Wildman–Crippen MR) is 79.3 cm³/mol. The molecule has 1 heterocycles. The molecule has 1 fully saturated rings. The molecule has 2 N–H and O–H groups in total. The van der Waals surface area contributed by atoms with Crippen molar-refractivity contribution in [2.75, 3.05) is 19.6 Å². The van der Waals surface area contributed by atoms with Crippen LogP contribution < -0.4 is 5.73 Å². The van der Waals surface area contributed by atoms with Crippen molar-refractivity contribution in [3.8, 4) is 0 Å². The van der Waals surface area contributed by atoms with Gasteiger partial charge in [0.1, 0.15) is 0 Å². The van der Waals surface area contributed by atoms with Gasteiger partial charge >= 0.3 is 0 Å². The third-order valence-corrected chi connectivity index (χ3v) is 3.90. The van der Waals surface area contributed by atoms with Crippen LogP contribution in [0.25, 0.3) is 0 Å². The molecule has 2 rings (SSSR count). The molecule has 0 spiro atoms. The zero-order valence-corrected chi connectivity index (χ0v) is 12.5. The van der Waals surface area contributed by atoms with E-state index in [1.54, 1.807) is 0 Å². The van der Waals surface area contributed by atoms with Crippen molar-refractivity contribution in [2.24, 2.45) is 5.73 Å². The first kappa shape index (κ1) is 14.5.